The number of sulfonamides is 1. The maximum atomic E-state index is 13.9. The number of benzene rings is 3. The molecule has 1 aliphatic rings. The zero-order valence-electron chi connectivity index (χ0n) is 22.4. The molecule has 0 aliphatic heterocycles. The molecule has 2 unspecified atom stereocenters. The van der Waals surface area contributed by atoms with Gasteiger partial charge in [0, 0.05) is 41.9 Å². The van der Waals surface area contributed by atoms with Gasteiger partial charge in [0.2, 0.25) is 10.0 Å². The number of hydrogen-bond donors (Lipinski definition) is 1. The number of nitrogens with zero attached hydrogens (tertiary/aromatic N) is 1. The number of nitrogens with one attached hydrogen (secondary N) is 1. The lowest BCUT2D eigenvalue weighted by Crippen LogP contribution is -2.41. The van der Waals surface area contributed by atoms with E-state index in [-0.39, 0.29) is 45.5 Å². The van der Waals surface area contributed by atoms with E-state index >= 15 is 0 Å². The fraction of sp³-hybridized carbons (Fsp3) is 0.345. The summed E-state index contributed by atoms with van der Waals surface area (Å²) in [6.07, 6.45) is 3.76. The van der Waals surface area contributed by atoms with Crippen molar-refractivity contribution < 1.29 is 27.1 Å². The number of halogens is 3. The highest BCUT2D eigenvalue weighted by Gasteiger charge is 2.29. The van der Waals surface area contributed by atoms with Gasteiger partial charge in [-0.15, -0.1) is 0 Å². The highest BCUT2D eigenvalue weighted by Crippen LogP contribution is 2.32. The standard InChI is InChI=1S/C29H31Cl2FN2O5S/c1-18-6-4-5-7-25(18)33-40(36,37)28-14-19(9-13-26(28)38-3)29(35)34(2)17-20-8-10-21(30)15-27(20)39-22-11-12-23(31)24(32)16-22/h8-16,18,25,33H,4-7,17H2,1-3H3. The van der Waals surface area contributed by atoms with Crippen molar-refractivity contribution in [3.63, 3.8) is 0 Å². The Morgan fingerprint density at radius 3 is 2.50 bits per heavy atom. The summed E-state index contributed by atoms with van der Waals surface area (Å²) < 4.78 is 54.7. The van der Waals surface area contributed by atoms with Crippen LogP contribution in [0.3, 0.4) is 0 Å². The topological polar surface area (TPSA) is 84.9 Å². The second kappa shape index (κ2) is 12.8. The van der Waals surface area contributed by atoms with Crippen LogP contribution in [0.2, 0.25) is 10.0 Å². The molecule has 1 saturated carbocycles. The third kappa shape index (κ3) is 7.07. The average Bonchev–Trinajstić information content (AvgIpc) is 2.92. The van der Waals surface area contributed by atoms with Gasteiger partial charge in [-0.05, 0) is 61.2 Å². The Kier molecular flexibility index (Phi) is 9.61. The number of ether oxygens (including phenoxy) is 2. The largest absolute Gasteiger partial charge is 0.495 e. The van der Waals surface area contributed by atoms with Crippen LogP contribution < -0.4 is 14.2 Å². The SMILES string of the molecule is COc1ccc(C(=O)N(C)Cc2ccc(Cl)cc2Oc2ccc(Cl)c(F)c2)cc1S(=O)(=O)NC1CCCCC1C. The molecular formula is C29H31Cl2FN2O5S. The van der Waals surface area contributed by atoms with Crippen LogP contribution in [-0.2, 0) is 16.6 Å². The van der Waals surface area contributed by atoms with Crippen LogP contribution in [-0.4, -0.2) is 39.4 Å². The monoisotopic (exact) mass is 608 g/mol. The molecule has 0 saturated heterocycles. The first-order valence-corrected chi connectivity index (χ1v) is 15.1. The number of methoxy groups -OCH3 is 1. The number of amides is 1. The van der Waals surface area contributed by atoms with Gasteiger partial charge < -0.3 is 14.4 Å². The highest BCUT2D eigenvalue weighted by molar-refractivity contribution is 7.89. The van der Waals surface area contributed by atoms with E-state index in [2.05, 4.69) is 4.72 Å². The molecule has 214 valence electrons. The quantitative estimate of drug-likeness (QED) is 0.281. The maximum absolute atomic E-state index is 13.9. The molecular weight excluding hydrogens is 578 g/mol. The second-order valence-corrected chi connectivity index (χ2v) is 12.5. The first-order chi connectivity index (χ1) is 19.0. The van der Waals surface area contributed by atoms with Gasteiger partial charge in [-0.1, -0.05) is 49.0 Å². The van der Waals surface area contributed by atoms with Crippen LogP contribution >= 0.6 is 23.2 Å². The lowest BCUT2D eigenvalue weighted by atomic mass is 9.87. The zero-order chi connectivity index (χ0) is 29.0. The Morgan fingerprint density at radius 1 is 1.05 bits per heavy atom. The molecule has 0 aromatic heterocycles. The predicted octanol–water partition coefficient (Wildman–Crippen LogP) is 7.06. The molecule has 0 heterocycles. The van der Waals surface area contributed by atoms with Crippen molar-refractivity contribution in [1.29, 1.82) is 0 Å². The van der Waals surface area contributed by atoms with Gasteiger partial charge in [-0.2, -0.15) is 0 Å². The summed E-state index contributed by atoms with van der Waals surface area (Å²) in [5, 5.41) is 0.361. The van der Waals surface area contributed by atoms with E-state index in [1.54, 1.807) is 25.2 Å². The number of hydrogen-bond acceptors (Lipinski definition) is 5. The van der Waals surface area contributed by atoms with Crippen LogP contribution in [0, 0.1) is 11.7 Å². The summed E-state index contributed by atoms with van der Waals surface area (Å²) in [7, 11) is -0.974. The molecule has 1 amide bonds. The molecule has 0 bridgehead atoms. The Balaban J connectivity index is 1.57. The van der Waals surface area contributed by atoms with E-state index in [0.29, 0.717) is 16.3 Å². The van der Waals surface area contributed by atoms with E-state index in [1.165, 1.54) is 42.3 Å². The Labute approximate surface area is 244 Å². The third-order valence-corrected chi connectivity index (χ3v) is 9.07. The summed E-state index contributed by atoms with van der Waals surface area (Å²) in [6, 6.07) is 13.1. The molecule has 3 aromatic carbocycles. The van der Waals surface area contributed by atoms with E-state index in [9.17, 15) is 17.6 Å². The molecule has 0 spiro atoms. The minimum atomic E-state index is -3.95. The minimum absolute atomic E-state index is 0.0340. The molecule has 3 aromatic rings. The predicted molar refractivity (Wildman–Crippen MR) is 153 cm³/mol. The molecule has 7 nitrogen and oxygen atoms in total. The summed E-state index contributed by atoms with van der Waals surface area (Å²) in [5.74, 6) is -0.137. The van der Waals surface area contributed by atoms with E-state index in [0.717, 1.165) is 31.7 Å². The third-order valence-electron chi connectivity index (χ3n) is 7.02. The second-order valence-electron chi connectivity index (χ2n) is 9.95. The average molecular weight is 610 g/mol. The van der Waals surface area contributed by atoms with Crippen molar-refractivity contribution in [2.24, 2.45) is 5.92 Å². The van der Waals surface area contributed by atoms with Gasteiger partial charge in [-0.3, -0.25) is 4.79 Å². The number of rotatable bonds is 9. The summed E-state index contributed by atoms with van der Waals surface area (Å²) in [6.45, 7) is 2.14. The van der Waals surface area contributed by atoms with Crippen LogP contribution in [0.1, 0.15) is 48.5 Å². The first-order valence-electron chi connectivity index (χ1n) is 12.9. The van der Waals surface area contributed by atoms with Gasteiger partial charge in [-0.25, -0.2) is 17.5 Å². The zero-order valence-corrected chi connectivity index (χ0v) is 24.7. The van der Waals surface area contributed by atoms with Crippen molar-refractivity contribution in [3.8, 4) is 17.2 Å². The summed E-state index contributed by atoms with van der Waals surface area (Å²) in [4.78, 5) is 14.8. The van der Waals surface area contributed by atoms with Gasteiger partial charge in [0.25, 0.3) is 5.91 Å². The van der Waals surface area contributed by atoms with Crippen LogP contribution in [0.4, 0.5) is 4.39 Å². The lowest BCUT2D eigenvalue weighted by molar-refractivity contribution is 0.0784. The van der Waals surface area contributed by atoms with Crippen molar-refractivity contribution in [3.05, 3.63) is 81.6 Å². The van der Waals surface area contributed by atoms with Crippen LogP contribution in [0.25, 0.3) is 0 Å². The van der Waals surface area contributed by atoms with Crippen molar-refractivity contribution in [2.45, 2.75) is 50.1 Å². The molecule has 1 aliphatic carbocycles. The van der Waals surface area contributed by atoms with Gasteiger partial charge in [0.15, 0.2) is 0 Å². The maximum Gasteiger partial charge on any atom is 0.253 e. The highest BCUT2D eigenvalue weighted by atomic mass is 35.5. The number of carbonyl (C=O) groups excluding carboxylic acids is 1. The van der Waals surface area contributed by atoms with Crippen LogP contribution in [0.15, 0.2) is 59.5 Å². The van der Waals surface area contributed by atoms with Gasteiger partial charge in [0.1, 0.15) is 28.0 Å². The molecule has 2 atom stereocenters. The summed E-state index contributed by atoms with van der Waals surface area (Å²) in [5.41, 5.74) is 0.779. The minimum Gasteiger partial charge on any atom is -0.495 e. The van der Waals surface area contributed by atoms with E-state index in [4.69, 9.17) is 32.7 Å². The molecule has 40 heavy (non-hydrogen) atoms. The fourth-order valence-electron chi connectivity index (χ4n) is 4.74. The fourth-order valence-corrected chi connectivity index (χ4v) is 6.60. The van der Waals surface area contributed by atoms with Gasteiger partial charge in [0.05, 0.1) is 12.1 Å². The Morgan fingerprint density at radius 2 is 1.80 bits per heavy atom. The van der Waals surface area contributed by atoms with Crippen LogP contribution in [0.5, 0.6) is 17.2 Å². The smallest absolute Gasteiger partial charge is 0.253 e. The first kappa shape index (κ1) is 30.1. The molecule has 4 rings (SSSR count). The van der Waals surface area contributed by atoms with E-state index < -0.39 is 21.7 Å². The van der Waals surface area contributed by atoms with Crippen molar-refractivity contribution in [2.75, 3.05) is 14.2 Å². The number of carbonyl (C=O) groups is 1. The lowest BCUT2D eigenvalue weighted by Gasteiger charge is -2.29. The van der Waals surface area contributed by atoms with Crippen molar-refractivity contribution in [1.82, 2.24) is 9.62 Å². The van der Waals surface area contributed by atoms with Crippen molar-refractivity contribution >= 4 is 39.1 Å². The van der Waals surface area contributed by atoms with E-state index in [1.807, 2.05) is 6.92 Å². The molecule has 0 radical (unpaired) electrons. The molecule has 1 fully saturated rings. The summed E-state index contributed by atoms with van der Waals surface area (Å²) >= 11 is 11.9. The van der Waals surface area contributed by atoms with Gasteiger partial charge >= 0.3 is 0 Å². The molecule has 1 N–H and O–H groups in total. The Hall–Kier alpha value is -2.85. The Bertz CT molecular complexity index is 1500. The molecule has 11 heteroatoms. The normalized spacial score (nSPS) is 17.4.